The van der Waals surface area contributed by atoms with Crippen LogP contribution < -0.4 is 10.6 Å². The standard InChI is InChI=1S/C14H23N3O/c1-6-15-12-9-11(7-8-16-12)13(18)17-10(2)14(3,4)5/h7-10H,6H2,1-5H3,(H,15,16)(H,17,18). The van der Waals surface area contributed by atoms with Gasteiger partial charge in [-0.3, -0.25) is 4.79 Å². The van der Waals surface area contributed by atoms with Gasteiger partial charge in [-0.15, -0.1) is 0 Å². The van der Waals surface area contributed by atoms with Gasteiger partial charge in [-0.2, -0.15) is 0 Å². The summed E-state index contributed by atoms with van der Waals surface area (Å²) in [5.74, 6) is 0.674. The van der Waals surface area contributed by atoms with E-state index in [1.807, 2.05) is 13.8 Å². The summed E-state index contributed by atoms with van der Waals surface area (Å²) in [7, 11) is 0. The molecule has 0 aliphatic rings. The van der Waals surface area contributed by atoms with E-state index >= 15 is 0 Å². The number of hydrogen-bond acceptors (Lipinski definition) is 3. The lowest BCUT2D eigenvalue weighted by Gasteiger charge is -2.28. The van der Waals surface area contributed by atoms with Gasteiger partial charge in [0.05, 0.1) is 0 Å². The minimum Gasteiger partial charge on any atom is -0.370 e. The summed E-state index contributed by atoms with van der Waals surface area (Å²) in [6.07, 6.45) is 1.65. The number of carbonyl (C=O) groups is 1. The SMILES string of the molecule is CCNc1cc(C(=O)NC(C)C(C)(C)C)ccn1. The van der Waals surface area contributed by atoms with Crippen LogP contribution in [-0.2, 0) is 0 Å². The van der Waals surface area contributed by atoms with Crippen molar-refractivity contribution >= 4 is 11.7 Å². The maximum Gasteiger partial charge on any atom is 0.251 e. The second kappa shape index (κ2) is 5.85. The van der Waals surface area contributed by atoms with E-state index < -0.39 is 0 Å². The number of pyridine rings is 1. The van der Waals surface area contributed by atoms with Crippen LogP contribution in [0.1, 0.15) is 45.0 Å². The Labute approximate surface area is 109 Å². The van der Waals surface area contributed by atoms with E-state index in [0.717, 1.165) is 12.4 Å². The molecule has 4 heteroatoms. The Balaban J connectivity index is 2.75. The molecule has 0 aliphatic heterocycles. The molecule has 1 aromatic rings. The Morgan fingerprint density at radius 2 is 2.11 bits per heavy atom. The third-order valence-corrected chi connectivity index (χ3v) is 3.03. The quantitative estimate of drug-likeness (QED) is 0.862. The molecule has 0 aromatic carbocycles. The number of nitrogens with zero attached hydrogens (tertiary/aromatic N) is 1. The Morgan fingerprint density at radius 1 is 1.44 bits per heavy atom. The number of hydrogen-bond donors (Lipinski definition) is 2. The molecule has 0 radical (unpaired) electrons. The maximum atomic E-state index is 12.1. The Bertz CT molecular complexity index is 410. The zero-order valence-electron chi connectivity index (χ0n) is 11.9. The summed E-state index contributed by atoms with van der Waals surface area (Å²) in [5, 5.41) is 6.11. The van der Waals surface area contributed by atoms with Crippen LogP contribution in [0.5, 0.6) is 0 Å². The molecule has 18 heavy (non-hydrogen) atoms. The van der Waals surface area contributed by atoms with Gasteiger partial charge in [-0.1, -0.05) is 20.8 Å². The van der Waals surface area contributed by atoms with Crippen LogP contribution in [0.4, 0.5) is 5.82 Å². The molecule has 0 fully saturated rings. The molecule has 1 atom stereocenters. The average Bonchev–Trinajstić information content (AvgIpc) is 2.28. The highest BCUT2D eigenvalue weighted by molar-refractivity contribution is 5.95. The van der Waals surface area contributed by atoms with Crippen molar-refractivity contribution in [3.63, 3.8) is 0 Å². The molecular formula is C14H23N3O. The molecule has 100 valence electrons. The molecule has 1 unspecified atom stereocenters. The fourth-order valence-electron chi connectivity index (χ4n) is 1.35. The second-order valence-corrected chi connectivity index (χ2v) is 5.52. The lowest BCUT2D eigenvalue weighted by Crippen LogP contribution is -2.41. The third-order valence-electron chi connectivity index (χ3n) is 3.03. The van der Waals surface area contributed by atoms with Crippen LogP contribution >= 0.6 is 0 Å². The first-order chi connectivity index (χ1) is 8.34. The lowest BCUT2D eigenvalue weighted by atomic mass is 9.88. The number of amides is 1. The first-order valence-electron chi connectivity index (χ1n) is 6.35. The van der Waals surface area contributed by atoms with E-state index in [2.05, 4.69) is 36.4 Å². The van der Waals surface area contributed by atoms with Crippen LogP contribution in [0.25, 0.3) is 0 Å². The van der Waals surface area contributed by atoms with E-state index in [9.17, 15) is 4.79 Å². The smallest absolute Gasteiger partial charge is 0.251 e. The molecule has 1 aromatic heterocycles. The summed E-state index contributed by atoms with van der Waals surface area (Å²) in [5.41, 5.74) is 0.685. The molecule has 0 saturated heterocycles. The number of rotatable bonds is 4. The van der Waals surface area contributed by atoms with Gasteiger partial charge in [0.15, 0.2) is 0 Å². The molecule has 2 N–H and O–H groups in total. The van der Waals surface area contributed by atoms with Crippen molar-refractivity contribution in [1.29, 1.82) is 0 Å². The second-order valence-electron chi connectivity index (χ2n) is 5.52. The summed E-state index contributed by atoms with van der Waals surface area (Å²) in [4.78, 5) is 16.2. The van der Waals surface area contributed by atoms with Crippen molar-refractivity contribution in [2.45, 2.75) is 40.7 Å². The van der Waals surface area contributed by atoms with Crippen LogP contribution in [-0.4, -0.2) is 23.5 Å². The highest BCUT2D eigenvalue weighted by atomic mass is 16.1. The van der Waals surface area contributed by atoms with Crippen molar-refractivity contribution < 1.29 is 4.79 Å². The van der Waals surface area contributed by atoms with Gasteiger partial charge in [0, 0.05) is 24.3 Å². The topological polar surface area (TPSA) is 54.0 Å². The minimum atomic E-state index is -0.0565. The summed E-state index contributed by atoms with van der Waals surface area (Å²) >= 11 is 0. The van der Waals surface area contributed by atoms with Crippen LogP contribution in [0.2, 0.25) is 0 Å². The van der Waals surface area contributed by atoms with Gasteiger partial charge in [0.1, 0.15) is 5.82 Å². The highest BCUT2D eigenvalue weighted by Crippen LogP contribution is 2.19. The molecule has 0 spiro atoms. The Kier molecular flexibility index (Phi) is 4.70. The first kappa shape index (κ1) is 14.5. The highest BCUT2D eigenvalue weighted by Gasteiger charge is 2.22. The van der Waals surface area contributed by atoms with Gasteiger partial charge in [0.25, 0.3) is 5.91 Å². The number of nitrogens with one attached hydrogen (secondary N) is 2. The van der Waals surface area contributed by atoms with E-state index in [0.29, 0.717) is 5.56 Å². The van der Waals surface area contributed by atoms with Gasteiger partial charge in [-0.25, -0.2) is 4.98 Å². The van der Waals surface area contributed by atoms with Crippen LogP contribution in [0, 0.1) is 5.41 Å². The Hall–Kier alpha value is -1.58. The zero-order valence-corrected chi connectivity index (χ0v) is 11.9. The van der Waals surface area contributed by atoms with Crippen molar-refractivity contribution in [3.8, 4) is 0 Å². The predicted octanol–water partition coefficient (Wildman–Crippen LogP) is 2.68. The van der Waals surface area contributed by atoms with Gasteiger partial charge < -0.3 is 10.6 Å². The van der Waals surface area contributed by atoms with Crippen LogP contribution in [0.15, 0.2) is 18.3 Å². The third kappa shape index (κ3) is 4.02. The number of aromatic nitrogens is 1. The van der Waals surface area contributed by atoms with E-state index in [1.165, 1.54) is 0 Å². The van der Waals surface area contributed by atoms with Crippen molar-refractivity contribution in [3.05, 3.63) is 23.9 Å². The molecule has 1 amide bonds. The zero-order chi connectivity index (χ0) is 13.8. The monoisotopic (exact) mass is 249 g/mol. The number of anilines is 1. The molecule has 1 heterocycles. The van der Waals surface area contributed by atoms with Crippen molar-refractivity contribution in [2.75, 3.05) is 11.9 Å². The molecular weight excluding hydrogens is 226 g/mol. The Morgan fingerprint density at radius 3 is 2.67 bits per heavy atom. The van der Waals surface area contributed by atoms with Gasteiger partial charge in [0.2, 0.25) is 0 Å². The largest absolute Gasteiger partial charge is 0.370 e. The van der Waals surface area contributed by atoms with Gasteiger partial charge >= 0.3 is 0 Å². The predicted molar refractivity (Wildman–Crippen MR) is 74.8 cm³/mol. The minimum absolute atomic E-state index is 0.0488. The van der Waals surface area contributed by atoms with Crippen LogP contribution in [0.3, 0.4) is 0 Å². The molecule has 4 nitrogen and oxygen atoms in total. The van der Waals surface area contributed by atoms with E-state index in [4.69, 9.17) is 0 Å². The van der Waals surface area contributed by atoms with Crippen molar-refractivity contribution in [2.24, 2.45) is 5.41 Å². The molecule has 0 aliphatic carbocycles. The van der Waals surface area contributed by atoms with Crippen molar-refractivity contribution in [1.82, 2.24) is 10.3 Å². The van der Waals surface area contributed by atoms with E-state index in [1.54, 1.807) is 18.3 Å². The first-order valence-corrected chi connectivity index (χ1v) is 6.35. The summed E-state index contributed by atoms with van der Waals surface area (Å²) in [6.45, 7) is 11.1. The van der Waals surface area contributed by atoms with Gasteiger partial charge in [-0.05, 0) is 31.4 Å². The normalized spacial score (nSPS) is 12.9. The fourth-order valence-corrected chi connectivity index (χ4v) is 1.35. The molecule has 0 bridgehead atoms. The molecule has 0 saturated carbocycles. The number of carbonyl (C=O) groups excluding carboxylic acids is 1. The lowest BCUT2D eigenvalue weighted by molar-refractivity contribution is 0.0910. The fraction of sp³-hybridized carbons (Fsp3) is 0.571. The molecule has 1 rings (SSSR count). The van der Waals surface area contributed by atoms with E-state index in [-0.39, 0.29) is 17.4 Å². The maximum absolute atomic E-state index is 12.1. The summed E-state index contributed by atoms with van der Waals surface area (Å²) < 4.78 is 0. The average molecular weight is 249 g/mol. The summed E-state index contributed by atoms with van der Waals surface area (Å²) in [6, 6.07) is 3.61.